The van der Waals surface area contributed by atoms with Gasteiger partial charge in [-0.1, -0.05) is 24.3 Å². The van der Waals surface area contributed by atoms with Crippen molar-refractivity contribution in [1.29, 1.82) is 0 Å². The molecule has 20 heavy (non-hydrogen) atoms. The second-order valence-corrected chi connectivity index (χ2v) is 6.11. The molecule has 0 spiro atoms. The van der Waals surface area contributed by atoms with Gasteiger partial charge in [-0.05, 0) is 38.8 Å². The predicted molar refractivity (Wildman–Crippen MR) is 78.1 cm³/mol. The van der Waals surface area contributed by atoms with E-state index in [1.807, 2.05) is 5.06 Å². The average molecular weight is 279 g/mol. The third-order valence-electron chi connectivity index (χ3n) is 3.96. The van der Waals surface area contributed by atoms with E-state index in [1.54, 1.807) is 7.11 Å². The lowest BCUT2D eigenvalue weighted by atomic mass is 9.91. The van der Waals surface area contributed by atoms with Crippen molar-refractivity contribution in [3.8, 4) is 0 Å². The molecule has 0 amide bonds. The van der Waals surface area contributed by atoms with Crippen LogP contribution in [0.15, 0.2) is 24.3 Å². The molecule has 4 heteroatoms. The maximum absolute atomic E-state index is 5.92. The Morgan fingerprint density at radius 3 is 2.00 bits per heavy atom. The maximum Gasteiger partial charge on any atom is 0.167 e. The summed E-state index contributed by atoms with van der Waals surface area (Å²) in [4.78, 5) is 5.92. The van der Waals surface area contributed by atoms with Crippen LogP contribution in [0.1, 0.15) is 38.8 Å². The van der Waals surface area contributed by atoms with Crippen LogP contribution in [0.5, 0.6) is 0 Å². The molecule has 0 aromatic heterocycles. The van der Waals surface area contributed by atoms with E-state index in [1.165, 1.54) is 11.1 Å². The molecule has 1 aliphatic heterocycles. The number of hydrogen-bond donors (Lipinski definition) is 0. The lowest BCUT2D eigenvalue weighted by Gasteiger charge is -2.39. The number of methoxy groups -OCH3 is 1. The van der Waals surface area contributed by atoms with Gasteiger partial charge in [0, 0.05) is 7.11 Å². The summed E-state index contributed by atoms with van der Waals surface area (Å²) in [6.07, 6.45) is 0. The number of hydroxylamine groups is 2. The average Bonchev–Trinajstić information content (AvgIpc) is 2.56. The van der Waals surface area contributed by atoms with Crippen LogP contribution in [-0.4, -0.2) is 32.2 Å². The molecule has 112 valence electrons. The van der Waals surface area contributed by atoms with Gasteiger partial charge in [0.25, 0.3) is 0 Å². The summed E-state index contributed by atoms with van der Waals surface area (Å²) < 4.78 is 10.4. The van der Waals surface area contributed by atoms with Crippen molar-refractivity contribution in [3.63, 3.8) is 0 Å². The summed E-state index contributed by atoms with van der Waals surface area (Å²) in [6.45, 7) is 10.1. The van der Waals surface area contributed by atoms with E-state index in [4.69, 9.17) is 14.3 Å². The number of ether oxygens (including phenoxy) is 2. The maximum atomic E-state index is 5.92. The Morgan fingerprint density at radius 1 is 0.950 bits per heavy atom. The fourth-order valence-corrected chi connectivity index (χ4v) is 3.08. The lowest BCUT2D eigenvalue weighted by molar-refractivity contribution is -0.301. The van der Waals surface area contributed by atoms with E-state index < -0.39 is 0 Å². The number of fused-ring (bicyclic) bond motifs is 1. The van der Waals surface area contributed by atoms with Crippen molar-refractivity contribution in [2.24, 2.45) is 0 Å². The normalized spacial score (nSPS) is 20.1. The lowest BCUT2D eigenvalue weighted by Crippen LogP contribution is -2.45. The van der Waals surface area contributed by atoms with Gasteiger partial charge in [-0.15, -0.1) is 0 Å². The first-order valence-electron chi connectivity index (χ1n) is 7.02. The van der Waals surface area contributed by atoms with Gasteiger partial charge < -0.3 is 9.47 Å². The first-order valence-corrected chi connectivity index (χ1v) is 7.02. The van der Waals surface area contributed by atoms with Crippen LogP contribution in [0.25, 0.3) is 0 Å². The molecule has 4 nitrogen and oxygen atoms in total. The van der Waals surface area contributed by atoms with E-state index in [9.17, 15) is 0 Å². The molecule has 0 saturated heterocycles. The van der Waals surface area contributed by atoms with Crippen molar-refractivity contribution in [1.82, 2.24) is 5.06 Å². The molecular formula is C16H25NO3. The van der Waals surface area contributed by atoms with Gasteiger partial charge in [0.05, 0.1) is 24.3 Å². The molecule has 0 radical (unpaired) electrons. The second kappa shape index (κ2) is 5.82. The first kappa shape index (κ1) is 15.4. The smallest absolute Gasteiger partial charge is 0.167 e. The highest BCUT2D eigenvalue weighted by Gasteiger charge is 2.50. The summed E-state index contributed by atoms with van der Waals surface area (Å²) in [5.74, 6) is 0. The quantitative estimate of drug-likeness (QED) is 0.591. The van der Waals surface area contributed by atoms with Gasteiger partial charge in [0.1, 0.15) is 0 Å². The largest absolute Gasteiger partial charge is 0.382 e. The molecule has 1 aliphatic rings. The van der Waals surface area contributed by atoms with Crippen molar-refractivity contribution < 1.29 is 14.3 Å². The third-order valence-corrected chi connectivity index (χ3v) is 3.96. The first-order chi connectivity index (χ1) is 9.42. The Labute approximate surface area is 121 Å². The Morgan fingerprint density at radius 2 is 1.50 bits per heavy atom. The van der Waals surface area contributed by atoms with E-state index in [2.05, 4.69) is 52.0 Å². The van der Waals surface area contributed by atoms with E-state index in [-0.39, 0.29) is 17.9 Å². The molecule has 1 heterocycles. The number of nitrogens with zero attached hydrogens (tertiary/aromatic N) is 1. The predicted octanol–water partition coefficient (Wildman–Crippen LogP) is 3.02. The molecule has 0 bridgehead atoms. The molecule has 0 fully saturated rings. The molecule has 2 rings (SSSR count). The van der Waals surface area contributed by atoms with Gasteiger partial charge in [0.2, 0.25) is 0 Å². The highest BCUT2D eigenvalue weighted by molar-refractivity contribution is 5.42. The van der Waals surface area contributed by atoms with Crippen LogP contribution < -0.4 is 0 Å². The summed E-state index contributed by atoms with van der Waals surface area (Å²) in [6, 6.07) is 8.50. The van der Waals surface area contributed by atoms with Gasteiger partial charge >= 0.3 is 0 Å². The molecule has 0 N–H and O–H groups in total. The Hall–Kier alpha value is -0.940. The SMILES string of the molecule is COCCOCON1C(C)(C)c2ccccc2C1(C)C. The topological polar surface area (TPSA) is 30.9 Å². The molecule has 0 saturated carbocycles. The minimum atomic E-state index is -0.176. The van der Waals surface area contributed by atoms with Crippen molar-refractivity contribution in [3.05, 3.63) is 35.4 Å². The van der Waals surface area contributed by atoms with Gasteiger partial charge in [-0.25, -0.2) is 0 Å². The summed E-state index contributed by atoms with van der Waals surface area (Å²) in [5.41, 5.74) is 2.26. The van der Waals surface area contributed by atoms with Crippen molar-refractivity contribution >= 4 is 0 Å². The molecule has 0 aliphatic carbocycles. The molecule has 1 aromatic carbocycles. The number of rotatable bonds is 6. The van der Waals surface area contributed by atoms with Crippen molar-refractivity contribution in [2.75, 3.05) is 27.1 Å². The summed E-state index contributed by atoms with van der Waals surface area (Å²) >= 11 is 0. The van der Waals surface area contributed by atoms with Crippen LogP contribution >= 0.6 is 0 Å². The van der Waals surface area contributed by atoms with Gasteiger partial charge in [0.15, 0.2) is 6.79 Å². The monoisotopic (exact) mass is 279 g/mol. The summed E-state index contributed by atoms with van der Waals surface area (Å²) in [7, 11) is 1.66. The molecule has 0 atom stereocenters. The number of hydrogen-bond acceptors (Lipinski definition) is 4. The third kappa shape index (κ3) is 2.61. The molecule has 0 unspecified atom stereocenters. The fraction of sp³-hybridized carbons (Fsp3) is 0.625. The fourth-order valence-electron chi connectivity index (χ4n) is 3.08. The highest BCUT2D eigenvalue weighted by Crippen LogP contribution is 2.49. The highest BCUT2D eigenvalue weighted by atomic mass is 16.8. The molecular weight excluding hydrogens is 254 g/mol. The zero-order valence-electron chi connectivity index (χ0n) is 13.1. The minimum Gasteiger partial charge on any atom is -0.382 e. The Balaban J connectivity index is 2.10. The van der Waals surface area contributed by atoms with Crippen LogP contribution in [0.2, 0.25) is 0 Å². The summed E-state index contributed by atoms with van der Waals surface area (Å²) in [5, 5.41) is 2.04. The minimum absolute atomic E-state index is 0.176. The number of benzene rings is 1. The zero-order chi connectivity index (χ0) is 14.8. The second-order valence-electron chi connectivity index (χ2n) is 6.11. The molecule has 1 aromatic rings. The van der Waals surface area contributed by atoms with Gasteiger partial charge in [-0.2, -0.15) is 5.06 Å². The van der Waals surface area contributed by atoms with E-state index >= 15 is 0 Å². The van der Waals surface area contributed by atoms with Crippen LogP contribution in [0, 0.1) is 0 Å². The van der Waals surface area contributed by atoms with Gasteiger partial charge in [-0.3, -0.25) is 4.84 Å². The van der Waals surface area contributed by atoms with E-state index in [0.717, 1.165) is 0 Å². The Bertz CT molecular complexity index is 422. The standard InChI is InChI=1S/C16H25NO3/c1-15(2)13-8-6-7-9-14(13)16(3,4)17(15)20-12-19-11-10-18-5/h6-9H,10-12H2,1-5H3. The van der Waals surface area contributed by atoms with Crippen LogP contribution in [-0.2, 0) is 25.4 Å². The zero-order valence-corrected chi connectivity index (χ0v) is 13.1. The van der Waals surface area contributed by atoms with Crippen molar-refractivity contribution in [2.45, 2.75) is 38.8 Å². The Kier molecular flexibility index (Phi) is 4.49. The van der Waals surface area contributed by atoms with Crippen LogP contribution in [0.4, 0.5) is 0 Å². The van der Waals surface area contributed by atoms with Crippen LogP contribution in [0.3, 0.4) is 0 Å². The van der Waals surface area contributed by atoms with E-state index in [0.29, 0.717) is 13.2 Å².